The van der Waals surface area contributed by atoms with E-state index in [4.69, 9.17) is 0 Å². The van der Waals surface area contributed by atoms with E-state index in [1.165, 1.54) is 29.8 Å². The minimum Gasteiger partial charge on any atom is -0.406 e. The van der Waals surface area contributed by atoms with E-state index in [-0.39, 0.29) is 23.5 Å². The second-order valence-corrected chi connectivity index (χ2v) is 7.04. The first-order valence-electron chi connectivity index (χ1n) is 8.82. The quantitative estimate of drug-likeness (QED) is 0.816. The lowest BCUT2D eigenvalue weighted by Crippen LogP contribution is -2.32. The molecular formula is C20H19F3N2O2. The standard InChI is InChI=1S/C20H19F3N2O2/c21-20(22,23)27-17-8-6-16(7-9-17)25-12-15-11-24(13-18(15)19(25)26)10-14-4-2-1-3-5-14/h1-9,15,18H,10-13H2/t15-,18?/m1/s1. The van der Waals surface area contributed by atoms with Gasteiger partial charge in [0.15, 0.2) is 0 Å². The molecule has 4 nitrogen and oxygen atoms in total. The summed E-state index contributed by atoms with van der Waals surface area (Å²) in [4.78, 5) is 16.8. The van der Waals surface area contributed by atoms with Crippen LogP contribution in [0.25, 0.3) is 0 Å². The van der Waals surface area contributed by atoms with E-state index < -0.39 is 6.36 Å². The largest absolute Gasteiger partial charge is 0.573 e. The number of hydrogen-bond acceptors (Lipinski definition) is 3. The number of carbonyl (C=O) groups excluding carboxylic acids is 1. The molecule has 2 heterocycles. The minimum absolute atomic E-state index is 0.0417. The Hall–Kier alpha value is -2.54. The molecule has 2 aromatic rings. The molecule has 2 fully saturated rings. The maximum atomic E-state index is 12.8. The molecule has 2 aliphatic rings. The minimum atomic E-state index is -4.72. The highest BCUT2D eigenvalue weighted by molar-refractivity contribution is 5.98. The molecule has 0 N–H and O–H groups in total. The van der Waals surface area contributed by atoms with Gasteiger partial charge in [0.05, 0.1) is 5.92 Å². The van der Waals surface area contributed by atoms with Crippen LogP contribution in [0, 0.1) is 11.8 Å². The summed E-state index contributed by atoms with van der Waals surface area (Å²) < 4.78 is 40.7. The average molecular weight is 376 g/mol. The Labute approximate surface area is 155 Å². The highest BCUT2D eigenvalue weighted by Gasteiger charge is 2.46. The van der Waals surface area contributed by atoms with Crippen molar-refractivity contribution in [1.82, 2.24) is 4.90 Å². The van der Waals surface area contributed by atoms with Crippen molar-refractivity contribution in [3.63, 3.8) is 0 Å². The van der Waals surface area contributed by atoms with Crippen LogP contribution in [0.3, 0.4) is 0 Å². The molecule has 0 aromatic heterocycles. The number of nitrogens with zero attached hydrogens (tertiary/aromatic N) is 2. The van der Waals surface area contributed by atoms with Crippen LogP contribution in [0.4, 0.5) is 18.9 Å². The number of ether oxygens (including phenoxy) is 1. The third-order valence-corrected chi connectivity index (χ3v) is 5.15. The molecule has 0 radical (unpaired) electrons. The molecule has 7 heteroatoms. The maximum absolute atomic E-state index is 12.8. The number of benzene rings is 2. The van der Waals surface area contributed by atoms with E-state index in [0.29, 0.717) is 18.8 Å². The van der Waals surface area contributed by atoms with E-state index >= 15 is 0 Å². The number of fused-ring (bicyclic) bond motifs is 1. The SMILES string of the molecule is O=C1C2CN(Cc3ccccc3)C[C@@H]2CN1c1ccc(OC(F)(F)F)cc1. The summed E-state index contributed by atoms with van der Waals surface area (Å²) in [6.45, 7) is 2.97. The van der Waals surface area contributed by atoms with Gasteiger partial charge in [-0.15, -0.1) is 13.2 Å². The second-order valence-electron chi connectivity index (χ2n) is 7.04. The van der Waals surface area contributed by atoms with Gasteiger partial charge in [-0.1, -0.05) is 30.3 Å². The van der Waals surface area contributed by atoms with Crippen LogP contribution < -0.4 is 9.64 Å². The Morgan fingerprint density at radius 2 is 1.67 bits per heavy atom. The van der Waals surface area contributed by atoms with Crippen LogP contribution >= 0.6 is 0 Å². The van der Waals surface area contributed by atoms with Crippen molar-refractivity contribution >= 4 is 11.6 Å². The molecule has 0 bridgehead atoms. The first-order valence-corrected chi connectivity index (χ1v) is 8.82. The summed E-state index contributed by atoms with van der Waals surface area (Å²) in [5.41, 5.74) is 1.83. The van der Waals surface area contributed by atoms with Crippen LogP contribution in [0.5, 0.6) is 5.75 Å². The lowest BCUT2D eigenvalue weighted by molar-refractivity contribution is -0.274. The van der Waals surface area contributed by atoms with Crippen LogP contribution in [0.1, 0.15) is 5.56 Å². The zero-order chi connectivity index (χ0) is 19.0. The summed E-state index contributed by atoms with van der Waals surface area (Å²) in [6.07, 6.45) is -4.72. The van der Waals surface area contributed by atoms with Crippen molar-refractivity contribution in [3.8, 4) is 5.75 Å². The molecular weight excluding hydrogens is 357 g/mol. The number of hydrogen-bond donors (Lipinski definition) is 0. The summed E-state index contributed by atoms with van der Waals surface area (Å²) >= 11 is 0. The second kappa shape index (κ2) is 6.88. The molecule has 0 saturated carbocycles. The third kappa shape index (κ3) is 3.93. The first kappa shape index (κ1) is 17.9. The van der Waals surface area contributed by atoms with Crippen LogP contribution in [-0.2, 0) is 11.3 Å². The number of carbonyl (C=O) groups is 1. The van der Waals surface area contributed by atoms with Crippen molar-refractivity contribution in [3.05, 3.63) is 60.2 Å². The molecule has 1 unspecified atom stereocenters. The van der Waals surface area contributed by atoms with E-state index in [9.17, 15) is 18.0 Å². The fraction of sp³-hybridized carbons (Fsp3) is 0.350. The van der Waals surface area contributed by atoms with Crippen molar-refractivity contribution in [2.24, 2.45) is 11.8 Å². The van der Waals surface area contributed by atoms with Crippen molar-refractivity contribution in [2.45, 2.75) is 12.9 Å². The van der Waals surface area contributed by atoms with Crippen molar-refractivity contribution in [1.29, 1.82) is 0 Å². The highest BCUT2D eigenvalue weighted by atomic mass is 19.4. The molecule has 0 spiro atoms. The molecule has 0 aliphatic carbocycles. The molecule has 27 heavy (non-hydrogen) atoms. The van der Waals surface area contributed by atoms with Gasteiger partial charge in [0, 0.05) is 37.8 Å². The zero-order valence-electron chi connectivity index (χ0n) is 14.5. The number of alkyl halides is 3. The molecule has 2 aromatic carbocycles. The summed E-state index contributed by atoms with van der Waals surface area (Å²) in [7, 11) is 0. The van der Waals surface area contributed by atoms with Gasteiger partial charge in [-0.25, -0.2) is 0 Å². The maximum Gasteiger partial charge on any atom is 0.573 e. The predicted molar refractivity (Wildman–Crippen MR) is 94.2 cm³/mol. The third-order valence-electron chi connectivity index (χ3n) is 5.15. The first-order chi connectivity index (χ1) is 12.9. The number of anilines is 1. The normalized spacial score (nSPS) is 22.9. The molecule has 142 valence electrons. The summed E-state index contributed by atoms with van der Waals surface area (Å²) in [6, 6.07) is 15.6. The van der Waals surface area contributed by atoms with Gasteiger partial charge in [-0.05, 0) is 29.8 Å². The van der Waals surface area contributed by atoms with E-state index in [1.54, 1.807) is 4.90 Å². The van der Waals surface area contributed by atoms with Gasteiger partial charge in [0.1, 0.15) is 5.75 Å². The Morgan fingerprint density at radius 1 is 0.963 bits per heavy atom. The van der Waals surface area contributed by atoms with Gasteiger partial charge >= 0.3 is 6.36 Å². The number of amides is 1. The van der Waals surface area contributed by atoms with Crippen molar-refractivity contribution in [2.75, 3.05) is 24.5 Å². The molecule has 2 aliphatic heterocycles. The molecule has 1 amide bonds. The van der Waals surface area contributed by atoms with Gasteiger partial charge < -0.3 is 9.64 Å². The lowest BCUT2D eigenvalue weighted by atomic mass is 10.0. The predicted octanol–water partition coefficient (Wildman–Crippen LogP) is 3.68. The van der Waals surface area contributed by atoms with Gasteiger partial charge in [0.2, 0.25) is 5.91 Å². The Kier molecular flexibility index (Phi) is 4.55. The Bertz CT molecular complexity index is 808. The number of halogens is 3. The highest BCUT2D eigenvalue weighted by Crippen LogP contribution is 2.36. The van der Waals surface area contributed by atoms with Gasteiger partial charge in [0.25, 0.3) is 0 Å². The van der Waals surface area contributed by atoms with Gasteiger partial charge in [-0.2, -0.15) is 0 Å². The van der Waals surface area contributed by atoms with Crippen LogP contribution in [0.2, 0.25) is 0 Å². The Morgan fingerprint density at radius 3 is 2.30 bits per heavy atom. The van der Waals surface area contributed by atoms with E-state index in [1.807, 2.05) is 18.2 Å². The van der Waals surface area contributed by atoms with Gasteiger partial charge in [-0.3, -0.25) is 9.69 Å². The average Bonchev–Trinajstić information content (AvgIpc) is 3.14. The summed E-state index contributed by atoms with van der Waals surface area (Å²) in [5, 5.41) is 0. The molecule has 4 rings (SSSR count). The van der Waals surface area contributed by atoms with Crippen LogP contribution in [-0.4, -0.2) is 36.8 Å². The Balaban J connectivity index is 1.39. The smallest absolute Gasteiger partial charge is 0.406 e. The topological polar surface area (TPSA) is 32.8 Å². The lowest BCUT2D eigenvalue weighted by Gasteiger charge is -2.22. The summed E-state index contributed by atoms with van der Waals surface area (Å²) in [5.74, 6) is -0.0562. The molecule has 2 atom stereocenters. The fourth-order valence-corrected chi connectivity index (χ4v) is 3.98. The van der Waals surface area contributed by atoms with Crippen LogP contribution in [0.15, 0.2) is 54.6 Å². The molecule has 2 saturated heterocycles. The monoisotopic (exact) mass is 376 g/mol. The fourth-order valence-electron chi connectivity index (χ4n) is 3.98. The zero-order valence-corrected chi connectivity index (χ0v) is 14.5. The van der Waals surface area contributed by atoms with E-state index in [0.717, 1.165) is 13.1 Å². The number of likely N-dealkylation sites (tertiary alicyclic amines) is 1. The van der Waals surface area contributed by atoms with Crippen molar-refractivity contribution < 1.29 is 22.7 Å². The van der Waals surface area contributed by atoms with E-state index in [2.05, 4.69) is 21.8 Å². The number of rotatable bonds is 4.